The first kappa shape index (κ1) is 22.2. The maximum absolute atomic E-state index is 12.5. The fourth-order valence-corrected chi connectivity index (χ4v) is 4.53. The van der Waals surface area contributed by atoms with Crippen LogP contribution in [0, 0.1) is 5.92 Å². The molecule has 1 aliphatic heterocycles. The summed E-state index contributed by atoms with van der Waals surface area (Å²) in [5, 5.41) is 0.0146. The first-order valence-electron chi connectivity index (χ1n) is 9.07. The summed E-state index contributed by atoms with van der Waals surface area (Å²) in [5.74, 6) is -0.171. The van der Waals surface area contributed by atoms with Gasteiger partial charge in [0.25, 0.3) is 0 Å². The average Bonchev–Trinajstić information content (AvgIpc) is 2.82. The summed E-state index contributed by atoms with van der Waals surface area (Å²) in [6.45, 7) is 14.9. The summed E-state index contributed by atoms with van der Waals surface area (Å²) in [6, 6.07) is 1.33. The van der Waals surface area contributed by atoms with E-state index in [1.807, 2.05) is 6.92 Å². The summed E-state index contributed by atoms with van der Waals surface area (Å²) >= 11 is -2.79. The van der Waals surface area contributed by atoms with Crippen molar-refractivity contribution in [2.24, 2.45) is 5.92 Å². The molecule has 0 spiro atoms. The van der Waals surface area contributed by atoms with Gasteiger partial charge in [0, 0.05) is 18.2 Å². The maximum Gasteiger partial charge on any atom is 0.353 e. The summed E-state index contributed by atoms with van der Waals surface area (Å²) in [5.41, 5.74) is -0.643. The van der Waals surface area contributed by atoms with Crippen LogP contribution in [-0.2, 0) is 20.5 Å². The summed E-state index contributed by atoms with van der Waals surface area (Å²) in [6.07, 6.45) is 1.28. The van der Waals surface area contributed by atoms with Crippen molar-refractivity contribution in [3.05, 3.63) is 22.7 Å². The van der Waals surface area contributed by atoms with E-state index in [1.165, 1.54) is 16.8 Å². The molecule has 1 saturated heterocycles. The van der Waals surface area contributed by atoms with Gasteiger partial charge in [0.1, 0.15) is 11.4 Å². The summed E-state index contributed by atoms with van der Waals surface area (Å²) in [4.78, 5) is 16.1. The summed E-state index contributed by atoms with van der Waals surface area (Å²) < 4.78 is 39.8. The fraction of sp³-hybridized carbons (Fsp3) is 0.765. The van der Waals surface area contributed by atoms with E-state index in [0.717, 1.165) is 6.42 Å². The number of rotatable bonds is 6. The first-order chi connectivity index (χ1) is 12.4. The zero-order chi connectivity index (χ0) is 20.6. The topological polar surface area (TPSA) is 103 Å². The Kier molecular flexibility index (Phi) is 6.68. The van der Waals surface area contributed by atoms with Crippen LogP contribution < -0.4 is 9.87 Å². The third kappa shape index (κ3) is 4.86. The molecule has 2 heterocycles. The van der Waals surface area contributed by atoms with E-state index in [-0.39, 0.29) is 29.0 Å². The van der Waals surface area contributed by atoms with Crippen LogP contribution in [0.2, 0.25) is 18.1 Å². The van der Waals surface area contributed by atoms with E-state index < -0.39 is 31.6 Å². The Labute approximate surface area is 163 Å². The average molecular weight is 418 g/mol. The lowest BCUT2D eigenvalue weighted by atomic mass is 9.99. The third-order valence-electron chi connectivity index (χ3n) is 5.57. The molecule has 8 nitrogen and oxygen atoms in total. The molecule has 0 aliphatic carbocycles. The number of ether oxygens (including phenoxy) is 1. The van der Waals surface area contributed by atoms with Crippen LogP contribution in [0.3, 0.4) is 0 Å². The summed E-state index contributed by atoms with van der Waals surface area (Å²) in [7, 11) is -2.10. The maximum atomic E-state index is 12.5. The van der Waals surface area contributed by atoms with Gasteiger partial charge in [-0.2, -0.15) is 4.98 Å². The Balaban J connectivity index is 2.38. The van der Waals surface area contributed by atoms with Crippen molar-refractivity contribution in [3.63, 3.8) is 0 Å². The van der Waals surface area contributed by atoms with Gasteiger partial charge in [-0.25, -0.2) is 9.00 Å². The molecule has 0 radical (unpaired) electrons. The molecule has 1 aromatic rings. The predicted octanol–water partition coefficient (Wildman–Crippen LogP) is 2.75. The van der Waals surface area contributed by atoms with Gasteiger partial charge >= 0.3 is 5.69 Å². The molecular formula is C17H29N2O6SSi-. The molecule has 2 unspecified atom stereocenters. The van der Waals surface area contributed by atoms with E-state index >= 15 is 0 Å². The van der Waals surface area contributed by atoms with Crippen LogP contribution in [-0.4, -0.2) is 38.8 Å². The molecule has 154 valence electrons. The van der Waals surface area contributed by atoms with Crippen molar-refractivity contribution < 1.29 is 22.1 Å². The minimum Gasteiger partial charge on any atom is -0.740 e. The molecule has 0 aromatic carbocycles. The normalized spacial score (nSPS) is 27.6. The Bertz CT molecular complexity index is 748. The Morgan fingerprint density at radius 3 is 2.52 bits per heavy atom. The largest absolute Gasteiger partial charge is 0.740 e. The lowest BCUT2D eigenvalue weighted by molar-refractivity contribution is -0.0371. The van der Waals surface area contributed by atoms with Crippen molar-refractivity contribution in [2.75, 3.05) is 0 Å². The molecule has 10 heteroatoms. The molecule has 2 rings (SSSR count). The van der Waals surface area contributed by atoms with Crippen LogP contribution in [0.4, 0.5) is 0 Å². The second kappa shape index (κ2) is 8.12. The molecule has 5 atom stereocenters. The molecule has 27 heavy (non-hydrogen) atoms. The minimum atomic E-state index is -2.79. The van der Waals surface area contributed by atoms with Crippen LogP contribution in [0.15, 0.2) is 17.1 Å². The van der Waals surface area contributed by atoms with Gasteiger partial charge in [0.05, 0.1) is 12.2 Å². The quantitative estimate of drug-likeness (QED) is 0.518. The highest BCUT2D eigenvalue weighted by Gasteiger charge is 2.48. The molecule has 1 aromatic heterocycles. The van der Waals surface area contributed by atoms with Crippen LogP contribution in [0.25, 0.3) is 0 Å². The lowest BCUT2D eigenvalue weighted by Crippen LogP contribution is -2.47. The van der Waals surface area contributed by atoms with Crippen LogP contribution in [0.5, 0.6) is 5.88 Å². The Morgan fingerprint density at radius 1 is 1.41 bits per heavy atom. The zero-order valence-corrected chi connectivity index (χ0v) is 18.7. The van der Waals surface area contributed by atoms with Crippen molar-refractivity contribution in [1.82, 2.24) is 9.55 Å². The van der Waals surface area contributed by atoms with Gasteiger partial charge in [-0.3, -0.25) is 4.57 Å². The van der Waals surface area contributed by atoms with E-state index in [4.69, 9.17) is 9.16 Å². The molecular weight excluding hydrogens is 388 g/mol. The second-order valence-electron chi connectivity index (χ2n) is 8.42. The SMILES string of the molecule is CC[C@H]1O[C@@H](n2ccc(OS(=O)[O-])nc2=O)[C@@H](O[Si](C)(C)C(C)(C)C)C1C. The zero-order valence-electron chi connectivity index (χ0n) is 16.9. The minimum absolute atomic E-state index is 0.0146. The Hall–Kier alpha value is -1.07. The van der Waals surface area contributed by atoms with Crippen LogP contribution in [0.1, 0.15) is 47.3 Å². The lowest BCUT2D eigenvalue weighted by Gasteiger charge is -2.40. The first-order valence-corrected chi connectivity index (χ1v) is 13.0. The van der Waals surface area contributed by atoms with E-state index in [1.54, 1.807) is 0 Å². The van der Waals surface area contributed by atoms with Crippen molar-refractivity contribution >= 4 is 19.7 Å². The highest BCUT2D eigenvalue weighted by molar-refractivity contribution is 7.74. The highest BCUT2D eigenvalue weighted by Crippen LogP contribution is 2.43. The third-order valence-corrected chi connectivity index (χ3v) is 10.4. The molecule has 1 fully saturated rings. The van der Waals surface area contributed by atoms with Gasteiger partial charge in [-0.15, -0.1) is 0 Å². The van der Waals surface area contributed by atoms with Gasteiger partial charge in [-0.1, -0.05) is 34.6 Å². The Morgan fingerprint density at radius 2 is 2.04 bits per heavy atom. The number of aromatic nitrogens is 2. The highest BCUT2D eigenvalue weighted by atomic mass is 32.2. The molecule has 0 saturated carbocycles. The van der Waals surface area contributed by atoms with Gasteiger partial charge in [0.15, 0.2) is 14.5 Å². The number of hydrogen-bond acceptors (Lipinski definition) is 7. The van der Waals surface area contributed by atoms with E-state index in [9.17, 15) is 13.6 Å². The van der Waals surface area contributed by atoms with Gasteiger partial charge < -0.3 is 17.9 Å². The second-order valence-corrected chi connectivity index (χ2v) is 13.7. The van der Waals surface area contributed by atoms with Gasteiger partial charge in [0.2, 0.25) is 5.88 Å². The monoisotopic (exact) mass is 417 g/mol. The molecule has 0 N–H and O–H groups in total. The smallest absolute Gasteiger partial charge is 0.353 e. The predicted molar refractivity (Wildman–Crippen MR) is 103 cm³/mol. The van der Waals surface area contributed by atoms with E-state index in [0.29, 0.717) is 0 Å². The number of hydrogen-bond donors (Lipinski definition) is 0. The fourth-order valence-electron chi connectivity index (χ4n) is 2.93. The molecule has 0 bridgehead atoms. The molecule has 1 aliphatic rings. The molecule has 0 amide bonds. The van der Waals surface area contributed by atoms with E-state index in [2.05, 4.69) is 50.0 Å². The standard InChI is InChI=1S/C17H30N2O6SSi/c1-8-12-11(2)14(25-27(6,7)17(3,4)5)15(23-12)19-10-9-13(18-16(19)20)24-26(21)22/h9-12,14-15H,8H2,1-7H3,(H,21,22)/p-1/t11?,12-,14+,15-/m1/s1. The van der Waals surface area contributed by atoms with Crippen molar-refractivity contribution in [3.8, 4) is 5.88 Å². The van der Waals surface area contributed by atoms with Crippen molar-refractivity contribution in [2.45, 2.75) is 77.6 Å². The van der Waals surface area contributed by atoms with Crippen molar-refractivity contribution in [1.29, 1.82) is 0 Å². The number of nitrogens with zero attached hydrogens (tertiary/aromatic N) is 2. The van der Waals surface area contributed by atoms with Crippen LogP contribution >= 0.6 is 0 Å². The van der Waals surface area contributed by atoms with Gasteiger partial charge in [-0.05, 0) is 24.6 Å².